The lowest BCUT2D eigenvalue weighted by Gasteiger charge is -2.38. The fourth-order valence-electron chi connectivity index (χ4n) is 2.56. The third-order valence-electron chi connectivity index (χ3n) is 3.77. The van der Waals surface area contributed by atoms with E-state index in [1.807, 2.05) is 6.07 Å². The average molecular weight is 300 g/mol. The van der Waals surface area contributed by atoms with Crippen molar-refractivity contribution in [1.82, 2.24) is 0 Å². The number of Topliss-reactive ketones (excluding diaryl/α,β-unsaturated/α-hetero) is 1. The van der Waals surface area contributed by atoms with Gasteiger partial charge in [0.05, 0.1) is 12.7 Å². The molecule has 0 saturated carbocycles. The third kappa shape index (κ3) is 2.15. The number of methoxy groups -OCH3 is 2. The standard InChI is InChI=1S/C17H16O5/c1-20-12-8-9-13-14(10-12)22-16(11-6-4-3-5-7-11)17(19,21-2)15(13)18/h3-10,16,19H,1-2H3. The lowest BCUT2D eigenvalue weighted by Crippen LogP contribution is -2.51. The maximum absolute atomic E-state index is 12.7. The van der Waals surface area contributed by atoms with Crippen molar-refractivity contribution in [2.45, 2.75) is 11.9 Å². The second-order valence-corrected chi connectivity index (χ2v) is 5.00. The first-order valence-corrected chi connectivity index (χ1v) is 6.82. The molecule has 2 aromatic carbocycles. The van der Waals surface area contributed by atoms with Crippen LogP contribution in [0.25, 0.3) is 0 Å². The summed E-state index contributed by atoms with van der Waals surface area (Å²) in [4.78, 5) is 12.7. The van der Waals surface area contributed by atoms with Crippen LogP contribution in [0.3, 0.4) is 0 Å². The summed E-state index contributed by atoms with van der Waals surface area (Å²) in [7, 11) is 2.82. The molecule has 22 heavy (non-hydrogen) atoms. The summed E-state index contributed by atoms with van der Waals surface area (Å²) in [6.45, 7) is 0. The zero-order valence-corrected chi connectivity index (χ0v) is 12.3. The van der Waals surface area contributed by atoms with E-state index in [2.05, 4.69) is 0 Å². The minimum Gasteiger partial charge on any atom is -0.497 e. The summed E-state index contributed by atoms with van der Waals surface area (Å²) in [5, 5.41) is 10.7. The van der Waals surface area contributed by atoms with E-state index in [1.165, 1.54) is 14.2 Å². The zero-order chi connectivity index (χ0) is 15.7. The highest BCUT2D eigenvalue weighted by Gasteiger charge is 2.52. The number of hydrogen-bond donors (Lipinski definition) is 1. The Morgan fingerprint density at radius 1 is 1.14 bits per heavy atom. The first-order chi connectivity index (χ1) is 10.6. The van der Waals surface area contributed by atoms with Gasteiger partial charge in [0, 0.05) is 13.2 Å². The molecule has 0 radical (unpaired) electrons. The van der Waals surface area contributed by atoms with E-state index in [4.69, 9.17) is 14.2 Å². The highest BCUT2D eigenvalue weighted by Crippen LogP contribution is 2.42. The van der Waals surface area contributed by atoms with Gasteiger partial charge in [0.2, 0.25) is 5.78 Å². The molecule has 2 atom stereocenters. The average Bonchev–Trinajstić information content (AvgIpc) is 2.58. The molecule has 0 fully saturated rings. The van der Waals surface area contributed by atoms with Crippen LogP contribution in [-0.4, -0.2) is 30.9 Å². The molecule has 0 aromatic heterocycles. The van der Waals surface area contributed by atoms with Gasteiger partial charge in [0.25, 0.3) is 5.79 Å². The number of ketones is 1. The largest absolute Gasteiger partial charge is 0.497 e. The zero-order valence-electron chi connectivity index (χ0n) is 12.3. The molecule has 3 rings (SSSR count). The van der Waals surface area contributed by atoms with Crippen molar-refractivity contribution >= 4 is 5.78 Å². The number of hydrogen-bond acceptors (Lipinski definition) is 5. The Bertz CT molecular complexity index is 697. The molecule has 2 aromatic rings. The smallest absolute Gasteiger partial charge is 0.273 e. The summed E-state index contributed by atoms with van der Waals surface area (Å²) in [5.41, 5.74) is 0.908. The number of carbonyl (C=O) groups is 1. The summed E-state index contributed by atoms with van der Waals surface area (Å²) in [5.74, 6) is -1.67. The minimum atomic E-state index is -2.07. The van der Waals surface area contributed by atoms with E-state index in [-0.39, 0.29) is 5.56 Å². The number of carbonyl (C=O) groups excluding carboxylic acids is 1. The lowest BCUT2D eigenvalue weighted by molar-refractivity contribution is -0.205. The molecule has 5 nitrogen and oxygen atoms in total. The van der Waals surface area contributed by atoms with E-state index in [0.717, 1.165) is 0 Å². The summed E-state index contributed by atoms with van der Waals surface area (Å²) in [6, 6.07) is 13.8. The van der Waals surface area contributed by atoms with Crippen LogP contribution in [0.4, 0.5) is 0 Å². The van der Waals surface area contributed by atoms with Crippen LogP contribution >= 0.6 is 0 Å². The molecule has 0 spiro atoms. The van der Waals surface area contributed by atoms with Crippen molar-refractivity contribution in [3.63, 3.8) is 0 Å². The molecule has 0 amide bonds. The van der Waals surface area contributed by atoms with Crippen LogP contribution in [0.2, 0.25) is 0 Å². The van der Waals surface area contributed by atoms with Gasteiger partial charge in [-0.1, -0.05) is 30.3 Å². The first-order valence-electron chi connectivity index (χ1n) is 6.82. The first kappa shape index (κ1) is 14.6. The van der Waals surface area contributed by atoms with Crippen molar-refractivity contribution < 1.29 is 24.1 Å². The molecule has 5 heteroatoms. The Labute approximate surface area is 128 Å². The Morgan fingerprint density at radius 2 is 1.86 bits per heavy atom. The van der Waals surface area contributed by atoms with Crippen LogP contribution in [0.1, 0.15) is 22.0 Å². The topological polar surface area (TPSA) is 65.0 Å². The molecule has 1 aliphatic rings. The Kier molecular flexibility index (Phi) is 3.60. The summed E-state index contributed by atoms with van der Waals surface area (Å²) < 4.78 is 16.1. The summed E-state index contributed by atoms with van der Waals surface area (Å²) >= 11 is 0. The third-order valence-corrected chi connectivity index (χ3v) is 3.77. The van der Waals surface area contributed by atoms with Gasteiger partial charge in [-0.2, -0.15) is 0 Å². The van der Waals surface area contributed by atoms with Crippen molar-refractivity contribution in [2.24, 2.45) is 0 Å². The van der Waals surface area contributed by atoms with Crippen LogP contribution in [0.15, 0.2) is 48.5 Å². The molecule has 0 aliphatic carbocycles. The quantitative estimate of drug-likeness (QED) is 0.881. The molecule has 1 aliphatic heterocycles. The number of benzene rings is 2. The molecular weight excluding hydrogens is 284 g/mol. The predicted molar refractivity (Wildman–Crippen MR) is 79.1 cm³/mol. The molecule has 114 valence electrons. The van der Waals surface area contributed by atoms with Crippen LogP contribution in [0.5, 0.6) is 11.5 Å². The fraction of sp³-hybridized carbons (Fsp3) is 0.235. The van der Waals surface area contributed by atoms with Crippen molar-refractivity contribution in [3.8, 4) is 11.5 Å². The van der Waals surface area contributed by atoms with Gasteiger partial charge in [0.1, 0.15) is 11.5 Å². The Balaban J connectivity index is 2.13. The van der Waals surface area contributed by atoms with Crippen LogP contribution in [-0.2, 0) is 4.74 Å². The van der Waals surface area contributed by atoms with E-state index in [9.17, 15) is 9.90 Å². The maximum atomic E-state index is 12.7. The van der Waals surface area contributed by atoms with Crippen LogP contribution < -0.4 is 9.47 Å². The molecule has 2 unspecified atom stereocenters. The summed E-state index contributed by atoms with van der Waals surface area (Å²) in [6.07, 6.45) is -0.953. The number of fused-ring (bicyclic) bond motifs is 1. The van der Waals surface area contributed by atoms with Crippen molar-refractivity contribution in [1.29, 1.82) is 0 Å². The highest BCUT2D eigenvalue weighted by molar-refractivity contribution is 6.05. The Hall–Kier alpha value is -2.37. The number of ether oxygens (including phenoxy) is 3. The van der Waals surface area contributed by atoms with Crippen molar-refractivity contribution in [2.75, 3.05) is 14.2 Å². The molecule has 1 N–H and O–H groups in total. The van der Waals surface area contributed by atoms with Gasteiger partial charge in [0.15, 0.2) is 6.10 Å². The van der Waals surface area contributed by atoms with Gasteiger partial charge in [-0.05, 0) is 17.7 Å². The minimum absolute atomic E-state index is 0.261. The predicted octanol–water partition coefficient (Wildman–Crippen LogP) is 2.35. The van der Waals surface area contributed by atoms with Gasteiger partial charge in [-0.15, -0.1) is 0 Å². The number of aliphatic hydroxyl groups is 1. The van der Waals surface area contributed by atoms with E-state index < -0.39 is 17.7 Å². The SMILES string of the molecule is COc1ccc2c(c1)OC(c1ccccc1)C(O)(OC)C2=O. The normalized spacial score (nSPS) is 23.6. The monoisotopic (exact) mass is 300 g/mol. The molecular formula is C17H16O5. The van der Waals surface area contributed by atoms with Gasteiger partial charge in [-0.3, -0.25) is 4.79 Å². The van der Waals surface area contributed by atoms with Gasteiger partial charge in [-0.25, -0.2) is 0 Å². The number of rotatable bonds is 3. The maximum Gasteiger partial charge on any atom is 0.273 e. The Morgan fingerprint density at radius 3 is 2.50 bits per heavy atom. The van der Waals surface area contributed by atoms with E-state index in [0.29, 0.717) is 17.1 Å². The van der Waals surface area contributed by atoms with Gasteiger partial charge >= 0.3 is 0 Å². The molecule has 1 heterocycles. The molecule has 0 bridgehead atoms. The highest BCUT2D eigenvalue weighted by atomic mass is 16.7. The van der Waals surface area contributed by atoms with Crippen molar-refractivity contribution in [3.05, 3.63) is 59.7 Å². The second-order valence-electron chi connectivity index (χ2n) is 5.00. The van der Waals surface area contributed by atoms with E-state index >= 15 is 0 Å². The second kappa shape index (κ2) is 5.44. The fourth-order valence-corrected chi connectivity index (χ4v) is 2.56. The van der Waals surface area contributed by atoms with E-state index in [1.54, 1.807) is 42.5 Å². The lowest BCUT2D eigenvalue weighted by atomic mass is 9.90. The van der Waals surface area contributed by atoms with Crippen LogP contribution in [0, 0.1) is 0 Å². The molecule has 0 saturated heterocycles. The van der Waals surface area contributed by atoms with Gasteiger partial charge < -0.3 is 19.3 Å².